The lowest BCUT2D eigenvalue weighted by Gasteiger charge is -2.11. The number of aliphatic imine (C=N–C) groups is 1. The van der Waals surface area contributed by atoms with Gasteiger partial charge in [0.05, 0.1) is 10.2 Å². The van der Waals surface area contributed by atoms with Crippen molar-refractivity contribution in [2.75, 3.05) is 11.9 Å². The van der Waals surface area contributed by atoms with Gasteiger partial charge in [0.1, 0.15) is 11.6 Å². The highest BCUT2D eigenvalue weighted by Crippen LogP contribution is 2.23. The Hall–Kier alpha value is -1.21. The number of guanidine groups is 1. The highest BCUT2D eigenvalue weighted by atomic mass is 79.9. The van der Waals surface area contributed by atoms with Crippen LogP contribution in [0.15, 0.2) is 21.6 Å². The minimum atomic E-state index is -0.719. The number of rotatable bonds is 3. The molecule has 0 saturated carbocycles. The maximum absolute atomic E-state index is 13.5. The molecule has 18 heavy (non-hydrogen) atoms. The van der Waals surface area contributed by atoms with Gasteiger partial charge in [-0.25, -0.2) is 14.6 Å². The monoisotopic (exact) mass is 320 g/mol. The molecule has 0 radical (unpaired) electrons. The van der Waals surface area contributed by atoms with Crippen molar-refractivity contribution < 1.29 is 8.78 Å². The fourth-order valence-corrected chi connectivity index (χ4v) is 1.48. The predicted octanol–water partition coefficient (Wildman–Crippen LogP) is 2.61. The van der Waals surface area contributed by atoms with E-state index in [9.17, 15) is 8.78 Å². The zero-order chi connectivity index (χ0) is 13.7. The molecule has 4 N–H and O–H groups in total. The van der Waals surface area contributed by atoms with Crippen LogP contribution in [0.1, 0.15) is 13.8 Å². The molecule has 0 fully saturated rings. The maximum Gasteiger partial charge on any atom is 0.210 e. The minimum absolute atomic E-state index is 0.0868. The van der Waals surface area contributed by atoms with E-state index in [4.69, 9.17) is 5.84 Å². The summed E-state index contributed by atoms with van der Waals surface area (Å²) in [5.74, 6) is 4.46. The average molecular weight is 321 g/mol. The molecule has 0 spiro atoms. The topological polar surface area (TPSA) is 62.4 Å². The first kappa shape index (κ1) is 14.8. The van der Waals surface area contributed by atoms with E-state index < -0.39 is 11.6 Å². The summed E-state index contributed by atoms with van der Waals surface area (Å²) >= 11 is 2.98. The van der Waals surface area contributed by atoms with E-state index >= 15 is 0 Å². The Balaban J connectivity index is 2.88. The fourth-order valence-electron chi connectivity index (χ4n) is 1.14. The zero-order valence-electron chi connectivity index (χ0n) is 10.1. The van der Waals surface area contributed by atoms with Gasteiger partial charge in [0.15, 0.2) is 0 Å². The number of nitrogens with zero attached hydrogens (tertiary/aromatic N) is 1. The summed E-state index contributed by atoms with van der Waals surface area (Å²) in [6, 6.07) is 2.07. The Bertz CT molecular complexity index is 449. The van der Waals surface area contributed by atoms with Crippen molar-refractivity contribution in [2.45, 2.75) is 13.8 Å². The molecular weight excluding hydrogens is 306 g/mol. The van der Waals surface area contributed by atoms with E-state index in [2.05, 4.69) is 31.7 Å². The molecule has 0 heterocycles. The Morgan fingerprint density at radius 2 is 2.06 bits per heavy atom. The Labute approximate surface area is 113 Å². The van der Waals surface area contributed by atoms with Crippen LogP contribution in [0.5, 0.6) is 0 Å². The lowest BCUT2D eigenvalue weighted by molar-refractivity contribution is 0.581. The third-order valence-electron chi connectivity index (χ3n) is 2.01. The van der Waals surface area contributed by atoms with Crippen LogP contribution in [0.25, 0.3) is 0 Å². The molecule has 0 amide bonds. The molecule has 1 rings (SSSR count). The van der Waals surface area contributed by atoms with Crippen LogP contribution in [-0.2, 0) is 0 Å². The molecular formula is C11H15BrF2N4. The molecule has 4 nitrogen and oxygen atoms in total. The fraction of sp³-hybridized carbons (Fsp3) is 0.364. The van der Waals surface area contributed by atoms with Crippen LogP contribution in [0.2, 0.25) is 0 Å². The van der Waals surface area contributed by atoms with Crippen molar-refractivity contribution in [1.29, 1.82) is 0 Å². The van der Waals surface area contributed by atoms with E-state index in [1.807, 2.05) is 13.8 Å². The van der Waals surface area contributed by atoms with E-state index in [0.29, 0.717) is 12.5 Å². The van der Waals surface area contributed by atoms with Gasteiger partial charge >= 0.3 is 0 Å². The van der Waals surface area contributed by atoms with Crippen LogP contribution < -0.4 is 16.6 Å². The van der Waals surface area contributed by atoms with Crippen LogP contribution in [0.3, 0.4) is 0 Å². The Morgan fingerprint density at radius 1 is 1.39 bits per heavy atom. The molecule has 0 aliphatic rings. The van der Waals surface area contributed by atoms with Gasteiger partial charge in [0, 0.05) is 12.6 Å². The summed E-state index contributed by atoms with van der Waals surface area (Å²) in [6.07, 6.45) is 0. The highest BCUT2D eigenvalue weighted by molar-refractivity contribution is 9.10. The van der Waals surface area contributed by atoms with Crippen molar-refractivity contribution in [2.24, 2.45) is 16.8 Å². The normalized spacial score (nSPS) is 11.8. The molecule has 0 atom stereocenters. The second kappa shape index (κ2) is 6.65. The first-order valence-electron chi connectivity index (χ1n) is 5.36. The number of benzene rings is 1. The van der Waals surface area contributed by atoms with Crippen LogP contribution in [0.4, 0.5) is 14.5 Å². The summed E-state index contributed by atoms with van der Waals surface area (Å²) in [6.45, 7) is 4.52. The summed E-state index contributed by atoms with van der Waals surface area (Å²) < 4.78 is 26.7. The molecule has 0 bridgehead atoms. The third-order valence-corrected chi connectivity index (χ3v) is 2.62. The van der Waals surface area contributed by atoms with Gasteiger partial charge in [-0.1, -0.05) is 13.8 Å². The molecule has 1 aromatic rings. The summed E-state index contributed by atoms with van der Waals surface area (Å²) in [4.78, 5) is 4.12. The molecule has 0 saturated heterocycles. The summed E-state index contributed by atoms with van der Waals surface area (Å²) in [5.41, 5.74) is 2.42. The van der Waals surface area contributed by atoms with Gasteiger partial charge in [0.25, 0.3) is 0 Å². The largest absolute Gasteiger partial charge is 0.323 e. The third kappa shape index (κ3) is 4.23. The molecule has 0 aliphatic heterocycles. The van der Waals surface area contributed by atoms with Crippen molar-refractivity contribution in [3.63, 3.8) is 0 Å². The first-order valence-corrected chi connectivity index (χ1v) is 6.16. The van der Waals surface area contributed by atoms with E-state index in [0.717, 1.165) is 6.07 Å². The van der Waals surface area contributed by atoms with Crippen molar-refractivity contribution >= 4 is 27.6 Å². The number of hydrogen-bond donors (Lipinski definition) is 3. The van der Waals surface area contributed by atoms with Gasteiger partial charge in [-0.15, -0.1) is 0 Å². The van der Waals surface area contributed by atoms with Crippen molar-refractivity contribution in [3.8, 4) is 0 Å². The number of hydrazine groups is 1. The van der Waals surface area contributed by atoms with Gasteiger partial charge in [-0.2, -0.15) is 0 Å². The molecule has 0 unspecified atom stereocenters. The standard InChI is InChI=1S/C11H15BrF2N4/c1-6(2)5-16-11(18-15)17-10-3-7(12)8(13)4-9(10)14/h3-4,6H,5,15H2,1-2H3,(H2,16,17,18). The van der Waals surface area contributed by atoms with Gasteiger partial charge in [-0.05, 0) is 27.9 Å². The predicted molar refractivity (Wildman–Crippen MR) is 72.1 cm³/mol. The number of halogens is 3. The van der Waals surface area contributed by atoms with Crippen LogP contribution in [0, 0.1) is 17.6 Å². The summed E-state index contributed by atoms with van der Waals surface area (Å²) in [7, 11) is 0. The van der Waals surface area contributed by atoms with Gasteiger partial charge in [0.2, 0.25) is 5.96 Å². The second-order valence-corrected chi connectivity index (χ2v) is 4.95. The maximum atomic E-state index is 13.5. The van der Waals surface area contributed by atoms with E-state index in [-0.39, 0.29) is 16.1 Å². The van der Waals surface area contributed by atoms with Gasteiger partial charge < -0.3 is 5.32 Å². The summed E-state index contributed by atoms with van der Waals surface area (Å²) in [5, 5.41) is 2.66. The molecule has 0 aliphatic carbocycles. The number of anilines is 1. The molecule has 100 valence electrons. The molecule has 1 aromatic carbocycles. The number of nitrogens with two attached hydrogens (primary N) is 1. The van der Waals surface area contributed by atoms with Crippen molar-refractivity contribution in [3.05, 3.63) is 28.2 Å². The average Bonchev–Trinajstić information content (AvgIpc) is 2.30. The SMILES string of the molecule is CC(C)CN=C(NN)Nc1cc(Br)c(F)cc1F. The number of hydrogen-bond acceptors (Lipinski definition) is 2. The lowest BCUT2D eigenvalue weighted by Crippen LogP contribution is -2.36. The smallest absolute Gasteiger partial charge is 0.210 e. The minimum Gasteiger partial charge on any atom is -0.323 e. The van der Waals surface area contributed by atoms with Gasteiger partial charge in [-0.3, -0.25) is 10.4 Å². The quantitative estimate of drug-likeness (QED) is 0.264. The second-order valence-electron chi connectivity index (χ2n) is 4.10. The first-order chi connectivity index (χ1) is 8.43. The number of nitrogens with one attached hydrogen (secondary N) is 2. The van der Waals surface area contributed by atoms with Crippen LogP contribution in [-0.4, -0.2) is 12.5 Å². The van der Waals surface area contributed by atoms with Crippen LogP contribution >= 0.6 is 15.9 Å². The molecule has 7 heteroatoms. The van der Waals surface area contributed by atoms with E-state index in [1.54, 1.807) is 0 Å². The highest BCUT2D eigenvalue weighted by Gasteiger charge is 2.09. The van der Waals surface area contributed by atoms with Crippen molar-refractivity contribution in [1.82, 2.24) is 5.43 Å². The zero-order valence-corrected chi connectivity index (χ0v) is 11.7. The molecule has 0 aromatic heterocycles. The van der Waals surface area contributed by atoms with E-state index in [1.165, 1.54) is 6.07 Å². The Kier molecular flexibility index (Phi) is 5.49. The lowest BCUT2D eigenvalue weighted by atomic mass is 10.2. The Morgan fingerprint density at radius 3 is 2.61 bits per heavy atom.